The van der Waals surface area contributed by atoms with Crippen LogP contribution >= 0.6 is 11.8 Å². The number of hydrogen-bond donors (Lipinski definition) is 0. The van der Waals surface area contributed by atoms with E-state index in [-0.39, 0.29) is 0 Å². The van der Waals surface area contributed by atoms with Gasteiger partial charge in [-0.2, -0.15) is 0 Å². The number of thioether (sulfide) groups is 1. The van der Waals surface area contributed by atoms with Crippen molar-refractivity contribution >= 4 is 11.8 Å². The quantitative estimate of drug-likeness (QED) is 0.776. The van der Waals surface area contributed by atoms with Gasteiger partial charge in [-0.05, 0) is 24.7 Å². The first-order valence-corrected chi connectivity index (χ1v) is 7.12. The Labute approximate surface area is 105 Å². The third kappa shape index (κ3) is 2.22. The second kappa shape index (κ2) is 4.53. The van der Waals surface area contributed by atoms with Gasteiger partial charge in [0.1, 0.15) is 5.82 Å². The number of hydrogen-bond acceptors (Lipinski definition) is 3. The van der Waals surface area contributed by atoms with Crippen molar-refractivity contribution in [1.82, 2.24) is 14.8 Å². The van der Waals surface area contributed by atoms with E-state index in [4.69, 9.17) is 0 Å². The van der Waals surface area contributed by atoms with Crippen molar-refractivity contribution < 1.29 is 0 Å². The fourth-order valence-electron chi connectivity index (χ4n) is 2.01. The molecular formula is C13H15N3S. The van der Waals surface area contributed by atoms with Gasteiger partial charge >= 0.3 is 0 Å². The zero-order valence-electron chi connectivity index (χ0n) is 9.84. The van der Waals surface area contributed by atoms with E-state index in [0.29, 0.717) is 5.92 Å². The third-order valence-electron chi connectivity index (χ3n) is 3.05. The van der Waals surface area contributed by atoms with Gasteiger partial charge in [-0.3, -0.25) is 0 Å². The van der Waals surface area contributed by atoms with Crippen LogP contribution in [-0.2, 0) is 6.54 Å². The van der Waals surface area contributed by atoms with Gasteiger partial charge in [0.15, 0.2) is 5.16 Å². The van der Waals surface area contributed by atoms with E-state index in [9.17, 15) is 0 Å². The summed E-state index contributed by atoms with van der Waals surface area (Å²) in [6, 6.07) is 10.5. The molecule has 1 heterocycles. The Morgan fingerprint density at radius 2 is 2.00 bits per heavy atom. The van der Waals surface area contributed by atoms with Crippen molar-refractivity contribution in [2.24, 2.45) is 0 Å². The highest BCUT2D eigenvalue weighted by atomic mass is 32.2. The summed E-state index contributed by atoms with van der Waals surface area (Å²) in [4.78, 5) is 0. The van der Waals surface area contributed by atoms with E-state index >= 15 is 0 Å². The summed E-state index contributed by atoms with van der Waals surface area (Å²) in [7, 11) is 0. The van der Waals surface area contributed by atoms with Gasteiger partial charge in [0.05, 0.1) is 6.54 Å². The van der Waals surface area contributed by atoms with E-state index in [1.54, 1.807) is 11.8 Å². The molecule has 1 aromatic carbocycles. The Morgan fingerprint density at radius 3 is 2.65 bits per heavy atom. The van der Waals surface area contributed by atoms with Gasteiger partial charge < -0.3 is 4.57 Å². The average Bonchev–Trinajstić information content (AvgIpc) is 3.13. The van der Waals surface area contributed by atoms with Crippen LogP contribution in [0.25, 0.3) is 0 Å². The first-order chi connectivity index (χ1) is 8.38. The van der Waals surface area contributed by atoms with E-state index in [0.717, 1.165) is 11.7 Å². The highest BCUT2D eigenvalue weighted by Crippen LogP contribution is 2.40. The van der Waals surface area contributed by atoms with E-state index < -0.39 is 0 Å². The molecule has 1 aromatic heterocycles. The zero-order valence-corrected chi connectivity index (χ0v) is 10.7. The van der Waals surface area contributed by atoms with Crippen molar-refractivity contribution in [2.75, 3.05) is 6.26 Å². The average molecular weight is 245 g/mol. The van der Waals surface area contributed by atoms with Crippen LogP contribution in [0.2, 0.25) is 0 Å². The molecule has 0 amide bonds. The van der Waals surface area contributed by atoms with Crippen molar-refractivity contribution in [3.05, 3.63) is 41.7 Å². The number of aromatic nitrogens is 3. The second-order valence-corrected chi connectivity index (χ2v) is 5.16. The molecule has 1 aliphatic carbocycles. The molecule has 1 fully saturated rings. The molecule has 0 unspecified atom stereocenters. The highest BCUT2D eigenvalue weighted by Gasteiger charge is 2.30. The number of rotatable bonds is 4. The minimum atomic E-state index is 0.645. The van der Waals surface area contributed by atoms with E-state index in [1.165, 1.54) is 24.2 Å². The van der Waals surface area contributed by atoms with Crippen LogP contribution in [0.15, 0.2) is 35.5 Å². The van der Waals surface area contributed by atoms with Gasteiger partial charge in [-0.15, -0.1) is 10.2 Å². The Balaban J connectivity index is 1.92. The molecule has 4 heteroatoms. The molecule has 3 nitrogen and oxygen atoms in total. The van der Waals surface area contributed by atoms with Crippen LogP contribution in [0.3, 0.4) is 0 Å². The van der Waals surface area contributed by atoms with Crippen molar-refractivity contribution in [2.45, 2.75) is 30.5 Å². The van der Waals surface area contributed by atoms with E-state index in [1.807, 2.05) is 6.07 Å². The smallest absolute Gasteiger partial charge is 0.191 e. The number of benzene rings is 1. The second-order valence-electron chi connectivity index (χ2n) is 4.39. The van der Waals surface area contributed by atoms with E-state index in [2.05, 4.69) is 45.3 Å². The normalized spacial score (nSPS) is 15.1. The fourth-order valence-corrected chi connectivity index (χ4v) is 2.51. The molecule has 88 valence electrons. The lowest BCUT2D eigenvalue weighted by Gasteiger charge is -2.08. The summed E-state index contributed by atoms with van der Waals surface area (Å²) in [5, 5.41) is 9.63. The van der Waals surface area contributed by atoms with Crippen LogP contribution in [-0.4, -0.2) is 21.0 Å². The van der Waals surface area contributed by atoms with Gasteiger partial charge in [0, 0.05) is 5.92 Å². The SMILES string of the molecule is CSc1nnc(C2CC2)n1Cc1ccccc1. The Bertz CT molecular complexity index is 503. The molecular weight excluding hydrogens is 230 g/mol. The molecule has 0 spiro atoms. The summed E-state index contributed by atoms with van der Waals surface area (Å²) in [5.74, 6) is 1.81. The molecule has 3 rings (SSSR count). The largest absolute Gasteiger partial charge is 0.301 e. The maximum atomic E-state index is 4.34. The lowest BCUT2D eigenvalue weighted by Crippen LogP contribution is -2.05. The zero-order chi connectivity index (χ0) is 11.7. The van der Waals surface area contributed by atoms with Crippen molar-refractivity contribution in [3.63, 3.8) is 0 Å². The molecule has 0 radical (unpaired) electrons. The molecule has 0 saturated heterocycles. The Kier molecular flexibility index (Phi) is 2.89. The van der Waals surface area contributed by atoms with Gasteiger partial charge in [-0.25, -0.2) is 0 Å². The monoisotopic (exact) mass is 245 g/mol. The maximum absolute atomic E-state index is 4.34. The standard InChI is InChI=1S/C13H15N3S/c1-17-13-15-14-12(11-7-8-11)16(13)9-10-5-3-2-4-6-10/h2-6,11H,7-9H2,1H3. The first kappa shape index (κ1) is 10.8. The summed E-state index contributed by atoms with van der Waals surface area (Å²) in [5.41, 5.74) is 1.31. The van der Waals surface area contributed by atoms with Crippen molar-refractivity contribution in [1.29, 1.82) is 0 Å². The van der Waals surface area contributed by atoms with Crippen LogP contribution in [0.4, 0.5) is 0 Å². The molecule has 2 aromatic rings. The molecule has 1 saturated carbocycles. The van der Waals surface area contributed by atoms with Crippen LogP contribution in [0.1, 0.15) is 30.1 Å². The fraction of sp³-hybridized carbons (Fsp3) is 0.385. The van der Waals surface area contributed by atoms with Gasteiger partial charge in [0.25, 0.3) is 0 Å². The molecule has 0 bridgehead atoms. The highest BCUT2D eigenvalue weighted by molar-refractivity contribution is 7.98. The molecule has 0 atom stereocenters. The van der Waals surface area contributed by atoms with Crippen LogP contribution < -0.4 is 0 Å². The minimum absolute atomic E-state index is 0.645. The van der Waals surface area contributed by atoms with Crippen LogP contribution in [0.5, 0.6) is 0 Å². The Morgan fingerprint density at radius 1 is 1.24 bits per heavy atom. The summed E-state index contributed by atoms with van der Waals surface area (Å²) in [6.07, 6.45) is 4.59. The molecule has 1 aliphatic rings. The lowest BCUT2D eigenvalue weighted by atomic mass is 10.2. The predicted octanol–water partition coefficient (Wildman–Crippen LogP) is 2.93. The summed E-state index contributed by atoms with van der Waals surface area (Å²) in [6.45, 7) is 0.885. The number of nitrogens with zero attached hydrogens (tertiary/aromatic N) is 3. The van der Waals surface area contributed by atoms with Crippen molar-refractivity contribution in [3.8, 4) is 0 Å². The van der Waals surface area contributed by atoms with Crippen LogP contribution in [0, 0.1) is 0 Å². The summed E-state index contributed by atoms with van der Waals surface area (Å²) >= 11 is 1.67. The van der Waals surface area contributed by atoms with Gasteiger partial charge in [0.2, 0.25) is 0 Å². The Hall–Kier alpha value is -1.29. The predicted molar refractivity (Wildman–Crippen MR) is 69.3 cm³/mol. The minimum Gasteiger partial charge on any atom is -0.301 e. The molecule has 0 aliphatic heterocycles. The maximum Gasteiger partial charge on any atom is 0.191 e. The lowest BCUT2D eigenvalue weighted by molar-refractivity contribution is 0.668. The van der Waals surface area contributed by atoms with Gasteiger partial charge in [-0.1, -0.05) is 42.1 Å². The molecule has 17 heavy (non-hydrogen) atoms. The molecule has 0 N–H and O–H groups in total. The topological polar surface area (TPSA) is 30.7 Å². The third-order valence-corrected chi connectivity index (χ3v) is 3.72. The first-order valence-electron chi connectivity index (χ1n) is 5.89. The summed E-state index contributed by atoms with van der Waals surface area (Å²) < 4.78 is 2.26.